The van der Waals surface area contributed by atoms with E-state index in [1.807, 2.05) is 13.8 Å². The van der Waals surface area contributed by atoms with E-state index in [1.165, 1.54) is 0 Å². The van der Waals surface area contributed by atoms with Crippen LogP contribution in [0.2, 0.25) is 5.02 Å². The van der Waals surface area contributed by atoms with Crippen LogP contribution < -0.4 is 15.8 Å². The minimum atomic E-state index is -0.566. The lowest BCUT2D eigenvalue weighted by molar-refractivity contribution is -0.127. The first-order valence-electron chi connectivity index (χ1n) is 5.95. The van der Waals surface area contributed by atoms with Crippen molar-refractivity contribution in [2.75, 3.05) is 6.54 Å². The monoisotopic (exact) mass is 270 g/mol. The summed E-state index contributed by atoms with van der Waals surface area (Å²) in [6.45, 7) is 5.98. The summed E-state index contributed by atoms with van der Waals surface area (Å²) in [6, 6.07) is 5.00. The van der Waals surface area contributed by atoms with Crippen LogP contribution in [-0.2, 0) is 4.79 Å². The van der Waals surface area contributed by atoms with Gasteiger partial charge in [-0.25, -0.2) is 0 Å². The normalized spacial score (nSPS) is 13.8. The van der Waals surface area contributed by atoms with Crippen molar-refractivity contribution in [3.63, 3.8) is 0 Å². The molecule has 0 saturated heterocycles. The molecule has 1 rings (SSSR count). The SMILES string of the molecule is CCNC(=O)C(C)Oc1ccc(Cl)cc1C(C)N. The second kappa shape index (κ2) is 6.61. The zero-order valence-corrected chi connectivity index (χ0v) is 11.6. The van der Waals surface area contributed by atoms with E-state index in [1.54, 1.807) is 25.1 Å². The molecule has 100 valence electrons. The summed E-state index contributed by atoms with van der Waals surface area (Å²) >= 11 is 5.92. The van der Waals surface area contributed by atoms with E-state index in [9.17, 15) is 4.79 Å². The molecule has 3 N–H and O–H groups in total. The number of halogens is 1. The molecule has 1 aromatic carbocycles. The topological polar surface area (TPSA) is 64.3 Å². The van der Waals surface area contributed by atoms with Crippen molar-refractivity contribution in [1.82, 2.24) is 5.32 Å². The van der Waals surface area contributed by atoms with Gasteiger partial charge in [-0.2, -0.15) is 0 Å². The molecule has 0 spiro atoms. The van der Waals surface area contributed by atoms with Crippen molar-refractivity contribution in [1.29, 1.82) is 0 Å². The van der Waals surface area contributed by atoms with Crippen LogP contribution in [-0.4, -0.2) is 18.6 Å². The van der Waals surface area contributed by atoms with Crippen LogP contribution in [0.25, 0.3) is 0 Å². The number of ether oxygens (including phenoxy) is 1. The summed E-state index contributed by atoms with van der Waals surface area (Å²) in [6.07, 6.45) is -0.566. The summed E-state index contributed by atoms with van der Waals surface area (Å²) in [5, 5.41) is 3.30. The Kier molecular flexibility index (Phi) is 5.44. The van der Waals surface area contributed by atoms with Gasteiger partial charge in [-0.15, -0.1) is 0 Å². The highest BCUT2D eigenvalue weighted by Gasteiger charge is 2.16. The Labute approximate surface area is 112 Å². The van der Waals surface area contributed by atoms with Gasteiger partial charge in [0.1, 0.15) is 5.75 Å². The molecule has 0 heterocycles. The molecule has 0 aliphatic heterocycles. The van der Waals surface area contributed by atoms with Crippen molar-refractivity contribution < 1.29 is 9.53 Å². The minimum absolute atomic E-state index is 0.150. The summed E-state index contributed by atoms with van der Waals surface area (Å²) in [5.41, 5.74) is 6.65. The Morgan fingerprint density at radius 1 is 1.50 bits per heavy atom. The molecular weight excluding hydrogens is 252 g/mol. The van der Waals surface area contributed by atoms with Crippen LogP contribution in [0.15, 0.2) is 18.2 Å². The molecule has 2 atom stereocenters. The zero-order valence-electron chi connectivity index (χ0n) is 10.9. The summed E-state index contributed by atoms with van der Waals surface area (Å²) in [7, 11) is 0. The van der Waals surface area contributed by atoms with E-state index in [0.717, 1.165) is 5.56 Å². The summed E-state index contributed by atoms with van der Waals surface area (Å²) in [5.74, 6) is 0.441. The Hall–Kier alpha value is -1.26. The Morgan fingerprint density at radius 2 is 2.17 bits per heavy atom. The number of hydrogen-bond donors (Lipinski definition) is 2. The second-order valence-electron chi connectivity index (χ2n) is 4.13. The highest BCUT2D eigenvalue weighted by molar-refractivity contribution is 6.30. The van der Waals surface area contributed by atoms with Gasteiger partial charge in [0.2, 0.25) is 0 Å². The number of likely N-dealkylation sites (N-methyl/N-ethyl adjacent to an activating group) is 1. The third-order valence-electron chi connectivity index (χ3n) is 2.49. The smallest absolute Gasteiger partial charge is 0.260 e. The van der Waals surface area contributed by atoms with Gasteiger partial charge in [-0.05, 0) is 39.0 Å². The molecule has 1 amide bonds. The highest BCUT2D eigenvalue weighted by Crippen LogP contribution is 2.28. The second-order valence-corrected chi connectivity index (χ2v) is 4.56. The maximum Gasteiger partial charge on any atom is 0.260 e. The molecule has 0 aromatic heterocycles. The van der Waals surface area contributed by atoms with Crippen LogP contribution in [0.1, 0.15) is 32.4 Å². The number of amides is 1. The fraction of sp³-hybridized carbons (Fsp3) is 0.462. The first-order chi connectivity index (χ1) is 8.45. The molecule has 5 heteroatoms. The molecular formula is C13H19ClN2O2. The number of carbonyl (C=O) groups excluding carboxylic acids is 1. The van der Waals surface area contributed by atoms with Crippen molar-refractivity contribution >= 4 is 17.5 Å². The number of benzene rings is 1. The van der Waals surface area contributed by atoms with E-state index in [0.29, 0.717) is 17.3 Å². The predicted octanol–water partition coefficient (Wildman–Crippen LogP) is 2.26. The fourth-order valence-electron chi connectivity index (χ4n) is 1.54. The number of nitrogens with two attached hydrogens (primary N) is 1. The third-order valence-corrected chi connectivity index (χ3v) is 2.72. The molecule has 0 bridgehead atoms. The molecule has 0 aliphatic rings. The van der Waals surface area contributed by atoms with Crippen LogP contribution >= 0.6 is 11.6 Å². The van der Waals surface area contributed by atoms with Crippen LogP contribution in [0.4, 0.5) is 0 Å². The number of rotatable bonds is 5. The first kappa shape index (κ1) is 14.8. The van der Waals surface area contributed by atoms with Crippen molar-refractivity contribution in [3.8, 4) is 5.75 Å². The van der Waals surface area contributed by atoms with Crippen molar-refractivity contribution in [2.45, 2.75) is 32.9 Å². The van der Waals surface area contributed by atoms with E-state index < -0.39 is 6.10 Å². The fourth-order valence-corrected chi connectivity index (χ4v) is 1.72. The Bertz CT molecular complexity index is 421. The van der Waals surface area contributed by atoms with Gasteiger partial charge in [0.15, 0.2) is 6.10 Å². The maximum atomic E-state index is 11.6. The van der Waals surface area contributed by atoms with Gasteiger partial charge in [0.25, 0.3) is 5.91 Å². The average molecular weight is 271 g/mol. The minimum Gasteiger partial charge on any atom is -0.481 e. The lowest BCUT2D eigenvalue weighted by atomic mass is 10.1. The quantitative estimate of drug-likeness (QED) is 0.863. The largest absolute Gasteiger partial charge is 0.481 e. The molecule has 0 saturated carbocycles. The highest BCUT2D eigenvalue weighted by atomic mass is 35.5. The molecule has 0 fully saturated rings. The van der Waals surface area contributed by atoms with E-state index in [4.69, 9.17) is 22.1 Å². The lowest BCUT2D eigenvalue weighted by Crippen LogP contribution is -2.36. The molecule has 0 radical (unpaired) electrons. The van der Waals surface area contributed by atoms with E-state index in [-0.39, 0.29) is 11.9 Å². The van der Waals surface area contributed by atoms with Gasteiger partial charge in [0.05, 0.1) is 0 Å². The maximum absolute atomic E-state index is 11.6. The van der Waals surface area contributed by atoms with E-state index >= 15 is 0 Å². The number of carbonyl (C=O) groups is 1. The molecule has 0 aliphatic carbocycles. The predicted molar refractivity (Wildman–Crippen MR) is 72.8 cm³/mol. The molecule has 2 unspecified atom stereocenters. The van der Waals surface area contributed by atoms with Crippen LogP contribution in [0, 0.1) is 0 Å². The van der Waals surface area contributed by atoms with Gasteiger partial charge < -0.3 is 15.8 Å². The lowest BCUT2D eigenvalue weighted by Gasteiger charge is -2.18. The first-order valence-corrected chi connectivity index (χ1v) is 6.32. The Morgan fingerprint density at radius 3 is 2.72 bits per heavy atom. The summed E-state index contributed by atoms with van der Waals surface area (Å²) < 4.78 is 5.63. The molecule has 18 heavy (non-hydrogen) atoms. The number of nitrogens with one attached hydrogen (secondary N) is 1. The van der Waals surface area contributed by atoms with Crippen LogP contribution in [0.3, 0.4) is 0 Å². The standard InChI is InChI=1S/C13H19ClN2O2/c1-4-16-13(17)9(3)18-12-6-5-10(14)7-11(12)8(2)15/h5-9H,4,15H2,1-3H3,(H,16,17). The summed E-state index contributed by atoms with van der Waals surface area (Å²) in [4.78, 5) is 11.6. The van der Waals surface area contributed by atoms with Crippen LogP contribution in [0.5, 0.6) is 5.75 Å². The Balaban J connectivity index is 2.87. The average Bonchev–Trinajstić information content (AvgIpc) is 2.31. The van der Waals surface area contributed by atoms with Gasteiger partial charge in [-0.3, -0.25) is 4.79 Å². The van der Waals surface area contributed by atoms with Gasteiger partial charge in [0, 0.05) is 23.2 Å². The number of hydrogen-bond acceptors (Lipinski definition) is 3. The van der Waals surface area contributed by atoms with Crippen molar-refractivity contribution in [3.05, 3.63) is 28.8 Å². The van der Waals surface area contributed by atoms with E-state index in [2.05, 4.69) is 5.32 Å². The zero-order chi connectivity index (χ0) is 13.7. The van der Waals surface area contributed by atoms with Gasteiger partial charge >= 0.3 is 0 Å². The molecule has 4 nitrogen and oxygen atoms in total. The molecule has 1 aromatic rings. The van der Waals surface area contributed by atoms with Crippen molar-refractivity contribution in [2.24, 2.45) is 5.73 Å². The third kappa shape index (κ3) is 3.89. The van der Waals surface area contributed by atoms with Gasteiger partial charge in [-0.1, -0.05) is 11.6 Å².